The minimum absolute atomic E-state index is 0.296. The van der Waals surface area contributed by atoms with Crippen molar-refractivity contribution in [2.45, 2.75) is 20.0 Å². The van der Waals surface area contributed by atoms with E-state index in [0.717, 1.165) is 11.1 Å². The van der Waals surface area contributed by atoms with Gasteiger partial charge in [0.25, 0.3) is 0 Å². The van der Waals surface area contributed by atoms with E-state index in [-0.39, 0.29) is 0 Å². The van der Waals surface area contributed by atoms with Crippen LogP contribution < -0.4 is 0 Å². The lowest BCUT2D eigenvalue weighted by molar-refractivity contribution is 0.200. The number of nitrogens with zero attached hydrogens (tertiary/aromatic N) is 2. The van der Waals surface area contributed by atoms with Crippen molar-refractivity contribution in [1.82, 2.24) is 9.55 Å². The smallest absolute Gasteiger partial charge is 0.142 e. The van der Waals surface area contributed by atoms with Crippen LogP contribution in [-0.4, -0.2) is 14.7 Å². The maximum Gasteiger partial charge on any atom is 0.142 e. The molecule has 0 aliphatic rings. The Morgan fingerprint density at radius 1 is 1.35 bits per heavy atom. The Bertz CT molecular complexity index is 525. The van der Waals surface area contributed by atoms with Gasteiger partial charge in [-0.3, -0.25) is 0 Å². The predicted molar refractivity (Wildman–Crippen MR) is 63.1 cm³/mol. The van der Waals surface area contributed by atoms with Crippen LogP contribution in [0.25, 0.3) is 0 Å². The van der Waals surface area contributed by atoms with Crippen molar-refractivity contribution >= 4 is 0 Å². The van der Waals surface area contributed by atoms with E-state index in [1.165, 1.54) is 6.07 Å². The Morgan fingerprint density at radius 3 is 2.59 bits per heavy atom. The van der Waals surface area contributed by atoms with Gasteiger partial charge in [-0.05, 0) is 31.0 Å². The highest BCUT2D eigenvalue weighted by atomic mass is 19.1. The highest BCUT2D eigenvalue weighted by molar-refractivity contribution is 5.36. The number of hydrogen-bond donors (Lipinski definition) is 1. The van der Waals surface area contributed by atoms with Gasteiger partial charge in [0.15, 0.2) is 0 Å². The van der Waals surface area contributed by atoms with Crippen molar-refractivity contribution in [2.75, 3.05) is 0 Å². The van der Waals surface area contributed by atoms with Gasteiger partial charge in [-0.15, -0.1) is 0 Å². The molecule has 0 radical (unpaired) electrons. The largest absolute Gasteiger partial charge is 0.380 e. The Kier molecular flexibility index (Phi) is 2.98. The van der Waals surface area contributed by atoms with Crippen LogP contribution in [0.5, 0.6) is 0 Å². The predicted octanol–water partition coefficient (Wildman–Crippen LogP) is 2.26. The van der Waals surface area contributed by atoms with E-state index in [4.69, 9.17) is 0 Å². The highest BCUT2D eigenvalue weighted by Gasteiger charge is 2.21. The molecule has 1 atom stereocenters. The molecular weight excluding hydrogens is 219 g/mol. The van der Waals surface area contributed by atoms with E-state index in [1.807, 2.05) is 13.0 Å². The molecule has 2 aromatic rings. The van der Waals surface area contributed by atoms with Gasteiger partial charge in [0.1, 0.15) is 17.7 Å². The summed E-state index contributed by atoms with van der Waals surface area (Å²) in [6.07, 6.45) is 2.27. The minimum atomic E-state index is -1.03. The summed E-state index contributed by atoms with van der Waals surface area (Å²) < 4.78 is 15.6. The molecule has 1 aromatic heterocycles. The third kappa shape index (κ3) is 2.08. The van der Waals surface area contributed by atoms with E-state index in [9.17, 15) is 9.50 Å². The molecule has 1 heterocycles. The molecular formula is C13H15FN2O. The van der Waals surface area contributed by atoms with Crippen LogP contribution in [0, 0.1) is 19.7 Å². The summed E-state index contributed by atoms with van der Waals surface area (Å²) >= 11 is 0. The molecule has 2 rings (SSSR count). The fourth-order valence-corrected chi connectivity index (χ4v) is 2.04. The lowest BCUT2D eigenvalue weighted by atomic mass is 10.00. The van der Waals surface area contributed by atoms with Gasteiger partial charge in [-0.1, -0.05) is 6.07 Å². The summed E-state index contributed by atoms with van der Waals surface area (Å²) in [6, 6.07) is 3.28. The zero-order chi connectivity index (χ0) is 12.6. The molecule has 0 fully saturated rings. The summed E-state index contributed by atoms with van der Waals surface area (Å²) in [6.45, 7) is 3.62. The molecule has 0 amide bonds. The van der Waals surface area contributed by atoms with Crippen molar-refractivity contribution in [3.05, 3.63) is 52.9 Å². The molecule has 3 nitrogen and oxygen atoms in total. The Hall–Kier alpha value is -1.68. The average Bonchev–Trinajstić information content (AvgIpc) is 2.62. The van der Waals surface area contributed by atoms with Gasteiger partial charge >= 0.3 is 0 Å². The Morgan fingerprint density at radius 2 is 2.06 bits per heavy atom. The molecule has 0 aliphatic carbocycles. The SMILES string of the molecule is Cc1cc(C)c(C(O)c2nccn2C)c(F)c1. The molecule has 0 saturated carbocycles. The Labute approximate surface area is 99.5 Å². The molecule has 0 aliphatic heterocycles. The van der Waals surface area contributed by atoms with Gasteiger partial charge in [0, 0.05) is 25.0 Å². The third-order valence-corrected chi connectivity index (χ3v) is 2.86. The number of halogens is 1. The van der Waals surface area contributed by atoms with Gasteiger partial charge in [0.2, 0.25) is 0 Å². The summed E-state index contributed by atoms with van der Waals surface area (Å²) in [7, 11) is 1.77. The molecule has 17 heavy (non-hydrogen) atoms. The van der Waals surface area contributed by atoms with E-state index in [1.54, 1.807) is 30.9 Å². The monoisotopic (exact) mass is 234 g/mol. The van der Waals surface area contributed by atoms with Crippen LogP contribution in [0.3, 0.4) is 0 Å². The van der Waals surface area contributed by atoms with E-state index in [0.29, 0.717) is 11.4 Å². The average molecular weight is 234 g/mol. The zero-order valence-corrected chi connectivity index (χ0v) is 10.1. The summed E-state index contributed by atoms with van der Waals surface area (Å²) in [5.41, 5.74) is 1.87. The van der Waals surface area contributed by atoms with Crippen molar-refractivity contribution in [3.8, 4) is 0 Å². The van der Waals surface area contributed by atoms with Crippen LogP contribution in [0.2, 0.25) is 0 Å². The van der Waals surface area contributed by atoms with Crippen molar-refractivity contribution < 1.29 is 9.50 Å². The van der Waals surface area contributed by atoms with Gasteiger partial charge in [-0.25, -0.2) is 9.37 Å². The van der Waals surface area contributed by atoms with E-state index < -0.39 is 11.9 Å². The second kappa shape index (κ2) is 4.30. The molecule has 90 valence electrons. The van der Waals surface area contributed by atoms with Crippen molar-refractivity contribution in [3.63, 3.8) is 0 Å². The number of aryl methyl sites for hydroxylation is 3. The van der Waals surface area contributed by atoms with Crippen molar-refractivity contribution in [2.24, 2.45) is 7.05 Å². The molecule has 0 spiro atoms. The van der Waals surface area contributed by atoms with Gasteiger partial charge < -0.3 is 9.67 Å². The van der Waals surface area contributed by atoms with Crippen molar-refractivity contribution in [1.29, 1.82) is 0 Å². The van der Waals surface area contributed by atoms with Crippen LogP contribution in [-0.2, 0) is 7.05 Å². The first kappa shape index (κ1) is 11.8. The minimum Gasteiger partial charge on any atom is -0.380 e. The number of benzene rings is 1. The quantitative estimate of drug-likeness (QED) is 0.865. The fraction of sp³-hybridized carbons (Fsp3) is 0.308. The Balaban J connectivity index is 2.51. The topological polar surface area (TPSA) is 38.1 Å². The third-order valence-electron chi connectivity index (χ3n) is 2.86. The van der Waals surface area contributed by atoms with Gasteiger partial charge in [0.05, 0.1) is 0 Å². The first-order chi connectivity index (χ1) is 8.00. The molecule has 1 N–H and O–H groups in total. The van der Waals surface area contributed by atoms with E-state index in [2.05, 4.69) is 4.98 Å². The second-order valence-electron chi connectivity index (χ2n) is 4.28. The fourth-order valence-electron chi connectivity index (χ4n) is 2.04. The molecule has 0 saturated heterocycles. The van der Waals surface area contributed by atoms with Gasteiger partial charge in [-0.2, -0.15) is 0 Å². The van der Waals surface area contributed by atoms with Crippen LogP contribution in [0.4, 0.5) is 4.39 Å². The zero-order valence-electron chi connectivity index (χ0n) is 10.1. The normalized spacial score (nSPS) is 12.8. The molecule has 0 bridgehead atoms. The van der Waals surface area contributed by atoms with Crippen LogP contribution >= 0.6 is 0 Å². The number of rotatable bonds is 2. The first-order valence-corrected chi connectivity index (χ1v) is 5.42. The standard InChI is InChI=1S/C13H15FN2O/c1-8-6-9(2)11(10(14)7-8)12(17)13-15-4-5-16(13)3/h4-7,12,17H,1-3H3. The molecule has 4 heteroatoms. The summed E-state index contributed by atoms with van der Waals surface area (Å²) in [5, 5.41) is 10.2. The first-order valence-electron chi connectivity index (χ1n) is 5.42. The summed E-state index contributed by atoms with van der Waals surface area (Å²) in [5.74, 6) is 0.0499. The van der Waals surface area contributed by atoms with E-state index >= 15 is 0 Å². The van der Waals surface area contributed by atoms with Crippen LogP contribution in [0.15, 0.2) is 24.5 Å². The maximum absolute atomic E-state index is 13.9. The number of imidazole rings is 1. The number of aliphatic hydroxyl groups excluding tert-OH is 1. The number of aliphatic hydroxyl groups is 1. The summed E-state index contributed by atoms with van der Waals surface area (Å²) in [4.78, 5) is 4.04. The second-order valence-corrected chi connectivity index (χ2v) is 4.28. The lowest BCUT2D eigenvalue weighted by Crippen LogP contribution is -2.10. The molecule has 1 unspecified atom stereocenters. The van der Waals surface area contributed by atoms with Crippen LogP contribution in [0.1, 0.15) is 28.6 Å². The lowest BCUT2D eigenvalue weighted by Gasteiger charge is -2.15. The highest BCUT2D eigenvalue weighted by Crippen LogP contribution is 2.26. The number of hydrogen-bond acceptors (Lipinski definition) is 2. The number of aromatic nitrogens is 2. The maximum atomic E-state index is 13.9. The molecule has 1 aromatic carbocycles.